The quantitative estimate of drug-likeness (QED) is 0.293. The molecule has 1 saturated heterocycles. The second kappa shape index (κ2) is 13.4. The van der Waals surface area contributed by atoms with Crippen molar-refractivity contribution >= 4 is 29.9 Å². The summed E-state index contributed by atoms with van der Waals surface area (Å²) in [6.07, 6.45) is 6.16. The summed E-state index contributed by atoms with van der Waals surface area (Å²) in [5.41, 5.74) is 0.995. The molecule has 1 aromatic heterocycles. The molecule has 0 radical (unpaired) electrons. The summed E-state index contributed by atoms with van der Waals surface area (Å²) in [4.78, 5) is 4.75. The predicted octanol–water partition coefficient (Wildman–Crippen LogP) is 3.76. The van der Waals surface area contributed by atoms with Crippen LogP contribution in [0.4, 0.5) is 0 Å². The van der Waals surface area contributed by atoms with Gasteiger partial charge in [0.15, 0.2) is 5.96 Å². The fourth-order valence-electron chi connectivity index (χ4n) is 3.26. The molecule has 0 saturated carbocycles. The molecule has 2 N–H and O–H groups in total. The van der Waals surface area contributed by atoms with E-state index in [9.17, 15) is 0 Å². The molecule has 0 spiro atoms. The number of halogens is 1. The maximum absolute atomic E-state index is 5.82. The zero-order chi connectivity index (χ0) is 20.3. The molecule has 1 unspecified atom stereocenters. The third kappa shape index (κ3) is 7.71. The van der Waals surface area contributed by atoms with E-state index < -0.39 is 0 Å². The second-order valence-corrected chi connectivity index (χ2v) is 6.97. The molecule has 166 valence electrons. The third-order valence-electron chi connectivity index (χ3n) is 4.92. The van der Waals surface area contributed by atoms with Gasteiger partial charge >= 0.3 is 0 Å². The highest BCUT2D eigenvalue weighted by Gasteiger charge is 2.14. The largest absolute Gasteiger partial charge is 0.497 e. The average Bonchev–Trinajstić information content (AvgIpc) is 3.29. The van der Waals surface area contributed by atoms with Gasteiger partial charge in [-0.2, -0.15) is 0 Å². The lowest BCUT2D eigenvalue weighted by Crippen LogP contribution is -2.43. The van der Waals surface area contributed by atoms with Crippen molar-refractivity contribution in [2.45, 2.75) is 38.3 Å². The van der Waals surface area contributed by atoms with Gasteiger partial charge in [-0.1, -0.05) is 0 Å². The van der Waals surface area contributed by atoms with Crippen LogP contribution in [0, 0.1) is 0 Å². The van der Waals surface area contributed by atoms with Crippen LogP contribution < -0.4 is 20.1 Å². The van der Waals surface area contributed by atoms with Crippen molar-refractivity contribution in [2.75, 3.05) is 33.9 Å². The summed E-state index contributed by atoms with van der Waals surface area (Å²) in [6, 6.07) is 9.65. The van der Waals surface area contributed by atoms with Gasteiger partial charge in [-0.25, -0.2) is 4.99 Å². The van der Waals surface area contributed by atoms with Gasteiger partial charge in [-0.05, 0) is 43.5 Å². The first-order valence-corrected chi connectivity index (χ1v) is 10.2. The topological polar surface area (TPSA) is 77.2 Å². The van der Waals surface area contributed by atoms with Crippen LogP contribution >= 0.6 is 24.0 Å². The number of furan rings is 1. The average molecular weight is 529 g/mol. The summed E-state index contributed by atoms with van der Waals surface area (Å²) in [5, 5.41) is 6.80. The summed E-state index contributed by atoms with van der Waals surface area (Å²) in [6.45, 7) is 2.81. The van der Waals surface area contributed by atoms with Crippen molar-refractivity contribution in [3.63, 3.8) is 0 Å². The number of methoxy groups -OCH3 is 2. The van der Waals surface area contributed by atoms with E-state index in [0.29, 0.717) is 6.54 Å². The number of nitrogens with zero attached hydrogens (tertiary/aromatic N) is 1. The van der Waals surface area contributed by atoms with Crippen LogP contribution in [0.1, 0.15) is 30.6 Å². The van der Waals surface area contributed by atoms with E-state index in [0.717, 1.165) is 67.7 Å². The van der Waals surface area contributed by atoms with Crippen LogP contribution in [0.2, 0.25) is 0 Å². The highest BCUT2D eigenvalue weighted by atomic mass is 127. The molecule has 30 heavy (non-hydrogen) atoms. The first kappa shape index (κ1) is 24.3. The fourth-order valence-corrected chi connectivity index (χ4v) is 3.26. The first-order chi connectivity index (χ1) is 14.3. The number of guanidine groups is 1. The van der Waals surface area contributed by atoms with E-state index in [1.807, 2.05) is 30.3 Å². The molecule has 0 bridgehead atoms. The number of hydrogen-bond acceptors (Lipinski definition) is 5. The molecule has 0 amide bonds. The number of aliphatic imine (C=N–C) groups is 1. The monoisotopic (exact) mass is 529 g/mol. The summed E-state index contributed by atoms with van der Waals surface area (Å²) in [5.74, 6) is 3.23. The van der Waals surface area contributed by atoms with Crippen molar-refractivity contribution in [1.82, 2.24) is 10.6 Å². The molecule has 8 heteroatoms. The molecule has 1 aromatic carbocycles. The fraction of sp³-hybridized carbons (Fsp3) is 0.500. The maximum Gasteiger partial charge on any atom is 0.191 e. The van der Waals surface area contributed by atoms with E-state index in [-0.39, 0.29) is 30.1 Å². The molecule has 1 aliphatic rings. The minimum Gasteiger partial charge on any atom is -0.497 e. The molecule has 3 rings (SSSR count). The predicted molar refractivity (Wildman–Crippen MR) is 128 cm³/mol. The lowest BCUT2D eigenvalue weighted by molar-refractivity contribution is 0.0194. The van der Waals surface area contributed by atoms with Gasteiger partial charge in [-0.3, -0.25) is 0 Å². The first-order valence-electron chi connectivity index (χ1n) is 10.2. The lowest BCUT2D eigenvalue weighted by atomic mass is 10.1. The lowest BCUT2D eigenvalue weighted by Gasteiger charge is -2.24. The summed E-state index contributed by atoms with van der Waals surface area (Å²) in [7, 11) is 3.30. The Kier molecular flexibility index (Phi) is 10.9. The highest BCUT2D eigenvalue weighted by molar-refractivity contribution is 14.0. The molecule has 1 fully saturated rings. The molecule has 7 nitrogen and oxygen atoms in total. The number of hydrogen-bond donors (Lipinski definition) is 2. The van der Waals surface area contributed by atoms with Crippen molar-refractivity contribution in [1.29, 1.82) is 0 Å². The molecule has 2 heterocycles. The Labute approximate surface area is 195 Å². The Hall–Kier alpha value is -1.94. The van der Waals surface area contributed by atoms with Crippen molar-refractivity contribution in [3.05, 3.63) is 47.9 Å². The van der Waals surface area contributed by atoms with Crippen molar-refractivity contribution < 1.29 is 18.6 Å². The number of benzene rings is 1. The van der Waals surface area contributed by atoms with Crippen LogP contribution in [0.25, 0.3) is 0 Å². The van der Waals surface area contributed by atoms with E-state index in [4.69, 9.17) is 23.6 Å². The van der Waals surface area contributed by atoms with Gasteiger partial charge in [0.2, 0.25) is 0 Å². The van der Waals surface area contributed by atoms with Crippen LogP contribution in [0.15, 0.2) is 46.0 Å². The smallest absolute Gasteiger partial charge is 0.191 e. The zero-order valence-corrected chi connectivity index (χ0v) is 20.0. The van der Waals surface area contributed by atoms with E-state index >= 15 is 0 Å². The van der Waals surface area contributed by atoms with Gasteiger partial charge in [0, 0.05) is 37.7 Å². The maximum atomic E-state index is 5.82. The van der Waals surface area contributed by atoms with Crippen molar-refractivity contribution in [2.24, 2.45) is 4.99 Å². The number of rotatable bonds is 9. The van der Waals surface area contributed by atoms with E-state index in [1.165, 1.54) is 6.42 Å². The molecule has 1 atom stereocenters. The van der Waals surface area contributed by atoms with E-state index in [2.05, 4.69) is 10.6 Å². The third-order valence-corrected chi connectivity index (χ3v) is 4.92. The van der Waals surface area contributed by atoms with E-state index in [1.54, 1.807) is 20.5 Å². The van der Waals surface area contributed by atoms with Gasteiger partial charge < -0.3 is 29.3 Å². The standard InChI is InChI=1S/C22H31N3O4.HI/c1-26-19-9-8-17(21(14-19)27-2)15-24-22(23-11-10-18-7-5-13-28-18)25-16-20-6-3-4-12-29-20;/h5,7-9,13-14,20H,3-4,6,10-12,15-16H2,1-2H3,(H2,23,24,25);1H. The number of ether oxygens (including phenoxy) is 3. The van der Waals surface area contributed by atoms with Gasteiger partial charge in [0.05, 0.1) is 33.1 Å². The number of nitrogens with one attached hydrogen (secondary N) is 2. The van der Waals surface area contributed by atoms with Gasteiger partial charge in [0.1, 0.15) is 17.3 Å². The normalized spacial score (nSPS) is 16.5. The zero-order valence-electron chi connectivity index (χ0n) is 17.7. The summed E-state index contributed by atoms with van der Waals surface area (Å²) < 4.78 is 22.0. The summed E-state index contributed by atoms with van der Waals surface area (Å²) >= 11 is 0. The Balaban J connectivity index is 0.00000320. The van der Waals surface area contributed by atoms with Crippen LogP contribution in [-0.4, -0.2) is 46.0 Å². The molecular weight excluding hydrogens is 497 g/mol. The molecule has 0 aliphatic carbocycles. The Morgan fingerprint density at radius 2 is 2.07 bits per heavy atom. The Morgan fingerprint density at radius 1 is 1.17 bits per heavy atom. The Bertz CT molecular complexity index is 762. The van der Waals surface area contributed by atoms with Crippen LogP contribution in [-0.2, 0) is 17.7 Å². The minimum absolute atomic E-state index is 0. The highest BCUT2D eigenvalue weighted by Crippen LogP contribution is 2.25. The van der Waals surface area contributed by atoms with Gasteiger partial charge in [0.25, 0.3) is 0 Å². The van der Waals surface area contributed by atoms with Crippen molar-refractivity contribution in [3.8, 4) is 11.5 Å². The molecule has 2 aromatic rings. The molecular formula is C22H32IN3O4. The van der Waals surface area contributed by atoms with Crippen LogP contribution in [0.3, 0.4) is 0 Å². The second-order valence-electron chi connectivity index (χ2n) is 6.97. The molecule has 1 aliphatic heterocycles. The Morgan fingerprint density at radius 3 is 2.77 bits per heavy atom. The SMILES string of the molecule is COc1ccc(CN=C(NCCc2ccco2)NCC2CCCCO2)c(OC)c1.I. The van der Waals surface area contributed by atoms with Crippen LogP contribution in [0.5, 0.6) is 11.5 Å². The minimum atomic E-state index is 0. The van der Waals surface area contributed by atoms with Gasteiger partial charge in [-0.15, -0.1) is 24.0 Å².